The summed E-state index contributed by atoms with van der Waals surface area (Å²) < 4.78 is 17.1. The standard InChI is InChI=1S/C32H35NO5/c34-30(19-10-20-36-29-18-8-7-15-27(29)21-24-11-3-1-4-12-24)33-28-17-9-16-26(28)22-31(33)38-32(35)37-23-25-13-5-2-6-14-25/h1-8,11-15,18,26,28,31H,9-10,16-17,19-23H2/t26-,28-,31-/m0/s1. The van der Waals surface area contributed by atoms with Gasteiger partial charge in [0.2, 0.25) is 5.91 Å². The van der Waals surface area contributed by atoms with Crippen LogP contribution in [0.2, 0.25) is 0 Å². The summed E-state index contributed by atoms with van der Waals surface area (Å²) in [6, 6.07) is 28.0. The molecule has 0 N–H and O–H groups in total. The van der Waals surface area contributed by atoms with Crippen LogP contribution in [0.25, 0.3) is 0 Å². The number of para-hydroxylation sites is 1. The van der Waals surface area contributed by atoms with E-state index in [-0.39, 0.29) is 18.6 Å². The van der Waals surface area contributed by atoms with Crippen molar-refractivity contribution in [3.63, 3.8) is 0 Å². The van der Waals surface area contributed by atoms with Gasteiger partial charge in [0.05, 0.1) is 6.61 Å². The van der Waals surface area contributed by atoms with Gasteiger partial charge in [-0.05, 0) is 47.9 Å². The van der Waals surface area contributed by atoms with Crippen molar-refractivity contribution in [3.05, 3.63) is 102 Å². The van der Waals surface area contributed by atoms with Crippen LogP contribution >= 0.6 is 0 Å². The fourth-order valence-electron chi connectivity index (χ4n) is 5.70. The van der Waals surface area contributed by atoms with Crippen LogP contribution in [0.5, 0.6) is 5.75 Å². The van der Waals surface area contributed by atoms with E-state index in [1.807, 2.05) is 71.6 Å². The third-order valence-corrected chi connectivity index (χ3v) is 7.51. The van der Waals surface area contributed by atoms with Crippen molar-refractivity contribution in [1.29, 1.82) is 0 Å². The first-order chi connectivity index (χ1) is 18.7. The molecule has 6 heteroatoms. The maximum absolute atomic E-state index is 13.3. The Balaban J connectivity index is 1.12. The van der Waals surface area contributed by atoms with Crippen LogP contribution in [0.4, 0.5) is 4.79 Å². The number of benzene rings is 3. The number of ether oxygens (including phenoxy) is 3. The van der Waals surface area contributed by atoms with Crippen LogP contribution in [-0.2, 0) is 27.3 Å². The van der Waals surface area contributed by atoms with Gasteiger partial charge < -0.3 is 19.1 Å². The van der Waals surface area contributed by atoms with Gasteiger partial charge in [0.25, 0.3) is 0 Å². The maximum Gasteiger partial charge on any atom is 0.510 e. The Bertz CT molecular complexity index is 1200. The second kappa shape index (κ2) is 12.6. The van der Waals surface area contributed by atoms with E-state index < -0.39 is 12.4 Å². The number of fused-ring (bicyclic) bond motifs is 1. The SMILES string of the molecule is O=C(OCc1ccccc1)O[C@H]1C[C@@H]2CCC[C@@H]2N1C(=O)CCCOc1ccccc1Cc1ccccc1. The second-order valence-electron chi connectivity index (χ2n) is 10.1. The highest BCUT2D eigenvalue weighted by atomic mass is 16.7. The highest BCUT2D eigenvalue weighted by Gasteiger charge is 2.47. The van der Waals surface area contributed by atoms with Crippen LogP contribution in [0.1, 0.15) is 55.2 Å². The molecular formula is C32H35NO5. The highest BCUT2D eigenvalue weighted by molar-refractivity contribution is 5.77. The summed E-state index contributed by atoms with van der Waals surface area (Å²) >= 11 is 0. The normalized spacial score (nSPS) is 20.1. The van der Waals surface area contributed by atoms with Crippen LogP contribution in [0, 0.1) is 5.92 Å². The Hall–Kier alpha value is -3.80. The monoisotopic (exact) mass is 513 g/mol. The molecule has 5 rings (SSSR count). The average molecular weight is 514 g/mol. The molecule has 1 aliphatic carbocycles. The molecule has 38 heavy (non-hydrogen) atoms. The first kappa shape index (κ1) is 25.8. The third-order valence-electron chi connectivity index (χ3n) is 7.51. The molecule has 0 radical (unpaired) electrons. The number of carbonyl (C=O) groups excluding carboxylic acids is 2. The Morgan fingerprint density at radius 3 is 2.34 bits per heavy atom. The number of hydrogen-bond donors (Lipinski definition) is 0. The van der Waals surface area contributed by atoms with Gasteiger partial charge >= 0.3 is 6.16 Å². The molecule has 0 bridgehead atoms. The molecule has 1 saturated carbocycles. The largest absolute Gasteiger partial charge is 0.510 e. The Labute approximate surface area is 224 Å². The first-order valence-corrected chi connectivity index (χ1v) is 13.6. The van der Waals surface area contributed by atoms with Crippen molar-refractivity contribution in [2.75, 3.05) is 6.61 Å². The first-order valence-electron chi connectivity index (χ1n) is 13.6. The lowest BCUT2D eigenvalue weighted by Gasteiger charge is -2.29. The second-order valence-corrected chi connectivity index (χ2v) is 10.1. The van der Waals surface area contributed by atoms with Gasteiger partial charge in [-0.1, -0.05) is 85.3 Å². The van der Waals surface area contributed by atoms with E-state index in [0.29, 0.717) is 31.8 Å². The third kappa shape index (κ3) is 6.55. The topological polar surface area (TPSA) is 65.1 Å². The molecule has 2 aliphatic rings. The minimum Gasteiger partial charge on any atom is -0.493 e. The molecule has 198 valence electrons. The molecular weight excluding hydrogens is 478 g/mol. The molecule has 1 saturated heterocycles. The predicted molar refractivity (Wildman–Crippen MR) is 145 cm³/mol. The lowest BCUT2D eigenvalue weighted by Crippen LogP contribution is -2.43. The van der Waals surface area contributed by atoms with Crippen molar-refractivity contribution < 1.29 is 23.8 Å². The van der Waals surface area contributed by atoms with Gasteiger partial charge in [0.1, 0.15) is 12.4 Å². The minimum absolute atomic E-state index is 0.0152. The molecule has 3 aromatic rings. The van der Waals surface area contributed by atoms with Crippen molar-refractivity contribution in [2.24, 2.45) is 5.92 Å². The van der Waals surface area contributed by atoms with E-state index in [1.165, 1.54) is 5.56 Å². The number of amides is 1. The van der Waals surface area contributed by atoms with Crippen LogP contribution < -0.4 is 4.74 Å². The summed E-state index contributed by atoms with van der Waals surface area (Å²) in [7, 11) is 0. The summed E-state index contributed by atoms with van der Waals surface area (Å²) in [5, 5.41) is 0. The number of hydrogen-bond acceptors (Lipinski definition) is 5. The van der Waals surface area contributed by atoms with E-state index >= 15 is 0 Å². The van der Waals surface area contributed by atoms with Crippen molar-refractivity contribution in [3.8, 4) is 5.75 Å². The van der Waals surface area contributed by atoms with Crippen molar-refractivity contribution >= 4 is 12.1 Å². The molecule has 1 amide bonds. The summed E-state index contributed by atoms with van der Waals surface area (Å²) in [6.07, 6.45) is 4.26. The summed E-state index contributed by atoms with van der Waals surface area (Å²) in [5.74, 6) is 1.25. The smallest absolute Gasteiger partial charge is 0.493 e. The van der Waals surface area contributed by atoms with Gasteiger partial charge in [-0.25, -0.2) is 4.79 Å². The van der Waals surface area contributed by atoms with E-state index in [4.69, 9.17) is 14.2 Å². The molecule has 0 spiro atoms. The molecule has 2 fully saturated rings. The lowest BCUT2D eigenvalue weighted by molar-refractivity contribution is -0.142. The molecule has 1 heterocycles. The fourth-order valence-corrected chi connectivity index (χ4v) is 5.70. The molecule has 1 aliphatic heterocycles. The van der Waals surface area contributed by atoms with Crippen molar-refractivity contribution in [1.82, 2.24) is 4.90 Å². The fraction of sp³-hybridized carbons (Fsp3) is 0.375. The molecule has 3 atom stereocenters. The van der Waals surface area contributed by atoms with Crippen LogP contribution in [0.15, 0.2) is 84.9 Å². The molecule has 0 unspecified atom stereocenters. The van der Waals surface area contributed by atoms with Gasteiger partial charge in [-0.2, -0.15) is 0 Å². The van der Waals surface area contributed by atoms with Crippen molar-refractivity contribution in [2.45, 2.75) is 63.8 Å². The summed E-state index contributed by atoms with van der Waals surface area (Å²) in [4.78, 5) is 27.6. The Kier molecular flexibility index (Phi) is 8.59. The predicted octanol–water partition coefficient (Wildman–Crippen LogP) is 6.52. The summed E-state index contributed by atoms with van der Waals surface area (Å²) in [5.41, 5.74) is 3.25. The van der Waals surface area contributed by atoms with Gasteiger partial charge in [0, 0.05) is 25.3 Å². The lowest BCUT2D eigenvalue weighted by atomic mass is 10.0. The Morgan fingerprint density at radius 2 is 1.55 bits per heavy atom. The number of rotatable bonds is 10. The number of carbonyl (C=O) groups is 2. The number of nitrogens with zero attached hydrogens (tertiary/aromatic N) is 1. The van der Waals surface area contributed by atoms with E-state index in [0.717, 1.165) is 42.6 Å². The Morgan fingerprint density at radius 1 is 0.842 bits per heavy atom. The molecule has 3 aromatic carbocycles. The number of likely N-dealkylation sites (tertiary alicyclic amines) is 1. The minimum atomic E-state index is -0.727. The van der Waals surface area contributed by atoms with Gasteiger partial charge in [-0.15, -0.1) is 0 Å². The average Bonchev–Trinajstić information content (AvgIpc) is 3.53. The van der Waals surface area contributed by atoms with E-state index in [1.54, 1.807) is 0 Å². The zero-order valence-electron chi connectivity index (χ0n) is 21.7. The zero-order chi connectivity index (χ0) is 26.2. The van der Waals surface area contributed by atoms with E-state index in [9.17, 15) is 9.59 Å². The summed E-state index contributed by atoms with van der Waals surface area (Å²) in [6.45, 7) is 0.598. The quantitative estimate of drug-likeness (QED) is 0.228. The van der Waals surface area contributed by atoms with E-state index in [2.05, 4.69) is 18.2 Å². The van der Waals surface area contributed by atoms with Crippen LogP contribution in [-0.4, -0.2) is 35.8 Å². The van der Waals surface area contributed by atoms with Gasteiger partial charge in [0.15, 0.2) is 6.23 Å². The van der Waals surface area contributed by atoms with Crippen LogP contribution in [0.3, 0.4) is 0 Å². The molecule has 6 nitrogen and oxygen atoms in total. The maximum atomic E-state index is 13.3. The zero-order valence-corrected chi connectivity index (χ0v) is 21.7. The highest BCUT2D eigenvalue weighted by Crippen LogP contribution is 2.42. The van der Waals surface area contributed by atoms with Gasteiger partial charge in [-0.3, -0.25) is 4.79 Å². The molecule has 0 aromatic heterocycles.